The maximum atomic E-state index is 13.2. The van der Waals surface area contributed by atoms with Crippen LogP contribution in [0.3, 0.4) is 0 Å². The van der Waals surface area contributed by atoms with Crippen LogP contribution in [0.1, 0.15) is 18.4 Å². The molecule has 0 unspecified atom stereocenters. The minimum atomic E-state index is -0.240. The summed E-state index contributed by atoms with van der Waals surface area (Å²) in [6.45, 7) is 0.437. The van der Waals surface area contributed by atoms with E-state index >= 15 is 0 Å². The van der Waals surface area contributed by atoms with Crippen molar-refractivity contribution < 1.29 is 9.18 Å². The zero-order chi connectivity index (χ0) is 22.3. The fraction of sp³-hybridized carbons (Fsp3) is 0.208. The van der Waals surface area contributed by atoms with Gasteiger partial charge in [-0.3, -0.25) is 14.7 Å². The number of rotatable bonds is 9. The first-order chi connectivity index (χ1) is 15.6. The number of fused-ring (bicyclic) bond motifs is 1. The van der Waals surface area contributed by atoms with Crippen LogP contribution in [0.4, 0.5) is 9.52 Å². The molecule has 4 rings (SSSR count). The van der Waals surface area contributed by atoms with Crippen LogP contribution >= 0.6 is 34.9 Å². The molecule has 0 saturated heterocycles. The molecule has 0 fully saturated rings. The van der Waals surface area contributed by atoms with Crippen molar-refractivity contribution in [2.24, 2.45) is 0 Å². The summed E-state index contributed by atoms with van der Waals surface area (Å²) in [7, 11) is 0. The molecule has 2 aromatic heterocycles. The van der Waals surface area contributed by atoms with E-state index in [0.29, 0.717) is 18.1 Å². The summed E-state index contributed by atoms with van der Waals surface area (Å²) in [4.78, 5) is 26.1. The standard InChI is InChI=1S/C24H22FN3OS3/c1-30-20-6-2-7-21-23(20)27-24(32-21)28(16-17-5-3-13-26-15-17)22(29)8-4-14-31-19-11-9-18(25)10-12-19/h2-3,5-7,9-13,15H,4,8,14,16H2,1H3. The highest BCUT2D eigenvalue weighted by Crippen LogP contribution is 2.35. The Morgan fingerprint density at radius 1 is 1.12 bits per heavy atom. The average Bonchev–Trinajstić information content (AvgIpc) is 3.26. The van der Waals surface area contributed by atoms with Crippen LogP contribution in [0.15, 0.2) is 76.8 Å². The fourth-order valence-electron chi connectivity index (χ4n) is 3.21. The van der Waals surface area contributed by atoms with Gasteiger partial charge in [0.25, 0.3) is 0 Å². The summed E-state index contributed by atoms with van der Waals surface area (Å²) < 4.78 is 14.1. The number of halogens is 1. The van der Waals surface area contributed by atoms with Crippen LogP contribution in [-0.2, 0) is 11.3 Å². The number of thiazole rings is 1. The first kappa shape index (κ1) is 22.8. The molecule has 0 N–H and O–H groups in total. The van der Waals surface area contributed by atoms with Crippen LogP contribution in [0.5, 0.6) is 0 Å². The minimum Gasteiger partial charge on any atom is -0.284 e. The number of carbonyl (C=O) groups is 1. The van der Waals surface area contributed by atoms with Crippen molar-refractivity contribution >= 4 is 56.1 Å². The van der Waals surface area contributed by atoms with E-state index in [4.69, 9.17) is 4.98 Å². The van der Waals surface area contributed by atoms with Crippen molar-refractivity contribution in [2.45, 2.75) is 29.2 Å². The molecule has 2 heterocycles. The highest BCUT2D eigenvalue weighted by atomic mass is 32.2. The molecule has 8 heteroatoms. The molecule has 164 valence electrons. The molecule has 1 amide bonds. The van der Waals surface area contributed by atoms with E-state index in [1.165, 1.54) is 23.5 Å². The predicted octanol–water partition coefficient (Wildman–Crippen LogP) is 6.66. The molecule has 32 heavy (non-hydrogen) atoms. The lowest BCUT2D eigenvalue weighted by molar-refractivity contribution is -0.118. The van der Waals surface area contributed by atoms with Gasteiger partial charge in [-0.25, -0.2) is 9.37 Å². The maximum absolute atomic E-state index is 13.2. The Morgan fingerprint density at radius 3 is 2.72 bits per heavy atom. The van der Waals surface area contributed by atoms with E-state index < -0.39 is 0 Å². The average molecular weight is 484 g/mol. The molecule has 0 aliphatic heterocycles. The third-order valence-electron chi connectivity index (χ3n) is 4.80. The summed E-state index contributed by atoms with van der Waals surface area (Å²) in [6, 6.07) is 16.4. The molecule has 0 atom stereocenters. The topological polar surface area (TPSA) is 46.1 Å². The van der Waals surface area contributed by atoms with Crippen molar-refractivity contribution in [1.29, 1.82) is 0 Å². The Morgan fingerprint density at radius 2 is 1.97 bits per heavy atom. The van der Waals surface area contributed by atoms with Crippen LogP contribution in [0.25, 0.3) is 10.2 Å². The van der Waals surface area contributed by atoms with Crippen LogP contribution in [-0.4, -0.2) is 27.9 Å². The van der Waals surface area contributed by atoms with E-state index in [0.717, 1.165) is 37.7 Å². The summed E-state index contributed by atoms with van der Waals surface area (Å²) in [5, 5.41) is 0.710. The van der Waals surface area contributed by atoms with Gasteiger partial charge in [0.15, 0.2) is 5.13 Å². The number of para-hydroxylation sites is 1. The van der Waals surface area contributed by atoms with Gasteiger partial charge in [-0.2, -0.15) is 0 Å². The molecule has 0 aliphatic rings. The van der Waals surface area contributed by atoms with Gasteiger partial charge in [0.05, 0.1) is 16.8 Å². The number of amides is 1. The van der Waals surface area contributed by atoms with Crippen LogP contribution in [0, 0.1) is 5.82 Å². The zero-order valence-corrected chi connectivity index (χ0v) is 20.0. The first-order valence-electron chi connectivity index (χ1n) is 10.2. The number of carbonyl (C=O) groups excluding carboxylic acids is 1. The quantitative estimate of drug-likeness (QED) is 0.197. The molecular weight excluding hydrogens is 461 g/mol. The number of thioether (sulfide) groups is 2. The summed E-state index contributed by atoms with van der Waals surface area (Å²) >= 11 is 4.82. The van der Waals surface area contributed by atoms with Gasteiger partial charge in [0.1, 0.15) is 5.82 Å². The third-order valence-corrected chi connectivity index (χ3v) is 7.71. The van der Waals surface area contributed by atoms with E-state index in [2.05, 4.69) is 11.1 Å². The van der Waals surface area contributed by atoms with Gasteiger partial charge >= 0.3 is 0 Å². The number of hydrogen-bond donors (Lipinski definition) is 0. The Hall–Kier alpha value is -2.42. The maximum Gasteiger partial charge on any atom is 0.229 e. The SMILES string of the molecule is CSc1cccc2sc(N(Cc3cccnc3)C(=O)CCCSc3ccc(F)cc3)nc12. The summed E-state index contributed by atoms with van der Waals surface area (Å²) in [6.07, 6.45) is 6.69. The Kier molecular flexibility index (Phi) is 7.78. The lowest BCUT2D eigenvalue weighted by Gasteiger charge is -2.20. The van der Waals surface area contributed by atoms with Gasteiger partial charge < -0.3 is 0 Å². The molecule has 0 saturated carbocycles. The van der Waals surface area contributed by atoms with E-state index in [-0.39, 0.29) is 11.7 Å². The first-order valence-corrected chi connectivity index (χ1v) is 13.2. The van der Waals surface area contributed by atoms with E-state index in [1.807, 2.05) is 30.5 Å². The predicted molar refractivity (Wildman–Crippen MR) is 133 cm³/mol. The molecule has 2 aromatic carbocycles. The third kappa shape index (κ3) is 5.68. The van der Waals surface area contributed by atoms with Crippen molar-refractivity contribution in [3.8, 4) is 0 Å². The Labute approximate surface area is 199 Å². The van der Waals surface area contributed by atoms with Crippen molar-refractivity contribution in [1.82, 2.24) is 9.97 Å². The lowest BCUT2D eigenvalue weighted by Crippen LogP contribution is -2.30. The number of hydrogen-bond acceptors (Lipinski definition) is 6. The highest BCUT2D eigenvalue weighted by molar-refractivity contribution is 7.99. The molecule has 0 spiro atoms. The van der Waals surface area contributed by atoms with Gasteiger partial charge in [-0.1, -0.05) is 23.5 Å². The van der Waals surface area contributed by atoms with Gasteiger partial charge in [0, 0.05) is 28.6 Å². The second-order valence-corrected chi connectivity index (χ2v) is 10.1. The van der Waals surface area contributed by atoms with Gasteiger partial charge in [-0.15, -0.1) is 23.5 Å². The van der Waals surface area contributed by atoms with Crippen molar-refractivity contribution in [2.75, 3.05) is 16.9 Å². The van der Waals surface area contributed by atoms with Crippen LogP contribution in [0.2, 0.25) is 0 Å². The van der Waals surface area contributed by atoms with Gasteiger partial charge in [0.2, 0.25) is 5.91 Å². The molecular formula is C24H22FN3OS3. The van der Waals surface area contributed by atoms with E-state index in [1.54, 1.807) is 53.0 Å². The molecule has 0 bridgehead atoms. The largest absolute Gasteiger partial charge is 0.284 e. The number of benzene rings is 2. The molecule has 4 nitrogen and oxygen atoms in total. The minimum absolute atomic E-state index is 0.0401. The van der Waals surface area contributed by atoms with Crippen LogP contribution < -0.4 is 4.90 Å². The normalized spacial score (nSPS) is 11.1. The molecule has 0 radical (unpaired) electrons. The van der Waals surface area contributed by atoms with Gasteiger partial charge in [-0.05, 0) is 66.5 Å². The fourth-order valence-corrected chi connectivity index (χ4v) is 5.70. The highest BCUT2D eigenvalue weighted by Gasteiger charge is 2.21. The van der Waals surface area contributed by atoms with E-state index in [9.17, 15) is 9.18 Å². The lowest BCUT2D eigenvalue weighted by atomic mass is 10.2. The van der Waals surface area contributed by atoms with Crippen molar-refractivity contribution in [3.05, 3.63) is 78.4 Å². The number of nitrogens with zero attached hydrogens (tertiary/aromatic N) is 3. The number of anilines is 1. The second-order valence-electron chi connectivity index (χ2n) is 7.05. The molecule has 4 aromatic rings. The second kappa shape index (κ2) is 10.9. The smallest absolute Gasteiger partial charge is 0.229 e. The Balaban J connectivity index is 1.48. The number of pyridine rings is 1. The Bertz CT molecular complexity index is 1180. The van der Waals surface area contributed by atoms with Crippen molar-refractivity contribution in [3.63, 3.8) is 0 Å². The summed E-state index contributed by atoms with van der Waals surface area (Å²) in [5.74, 6) is 0.587. The molecule has 0 aliphatic carbocycles. The summed E-state index contributed by atoms with van der Waals surface area (Å²) in [5.41, 5.74) is 1.90. The zero-order valence-electron chi connectivity index (χ0n) is 17.5. The number of aromatic nitrogens is 2. The monoisotopic (exact) mass is 483 g/mol.